The molecular weight excluding hydrogens is 422 g/mol. The number of benzene rings is 2. The number of rotatable bonds is 5. The molecule has 172 valence electrons. The number of hydrogen-bond donors (Lipinski definition) is 5. The Hall–Kier alpha value is -4.01. The average Bonchev–Trinajstić information content (AvgIpc) is 3.38. The molecule has 0 saturated heterocycles. The lowest BCUT2D eigenvalue weighted by Crippen LogP contribution is -2.39. The number of nitrogens with two attached hydrogens (primary N) is 2. The molecule has 9 nitrogen and oxygen atoms in total. The standard InChI is InChI=1S/C24H27N5O4/c1-23(2,3)33-22(32)29-24(9-10-24)15-6-4-5-13(11-15)14-7-8-16-17(12-14)27-20(28-21(26)31)18(16)19(25)30/h4-8,11-12,27H,9-10H2,1-3H3,(H2,25,30)(H,29,32)(H3,26,28,31). The van der Waals surface area contributed by atoms with E-state index < -0.39 is 29.2 Å². The molecule has 2 aromatic carbocycles. The van der Waals surface area contributed by atoms with Gasteiger partial charge in [0.2, 0.25) is 0 Å². The highest BCUT2D eigenvalue weighted by Gasteiger charge is 2.46. The van der Waals surface area contributed by atoms with Gasteiger partial charge in [0, 0.05) is 10.9 Å². The minimum Gasteiger partial charge on any atom is -0.444 e. The highest BCUT2D eigenvalue weighted by atomic mass is 16.6. The minimum atomic E-state index is -0.802. The van der Waals surface area contributed by atoms with Crippen molar-refractivity contribution in [3.63, 3.8) is 0 Å². The zero-order valence-corrected chi connectivity index (χ0v) is 18.7. The Morgan fingerprint density at radius 2 is 1.73 bits per heavy atom. The van der Waals surface area contributed by atoms with E-state index in [0.717, 1.165) is 29.5 Å². The van der Waals surface area contributed by atoms with Gasteiger partial charge >= 0.3 is 12.1 Å². The Balaban J connectivity index is 1.66. The van der Waals surface area contributed by atoms with Gasteiger partial charge < -0.3 is 26.5 Å². The van der Waals surface area contributed by atoms with Crippen molar-refractivity contribution < 1.29 is 19.1 Å². The third-order valence-corrected chi connectivity index (χ3v) is 5.53. The summed E-state index contributed by atoms with van der Waals surface area (Å²) in [5.74, 6) is -0.516. The van der Waals surface area contributed by atoms with Crippen LogP contribution in [0.3, 0.4) is 0 Å². The number of urea groups is 1. The molecule has 4 amide bonds. The second-order valence-electron chi connectivity index (χ2n) is 9.28. The molecule has 1 fully saturated rings. The molecule has 0 atom stereocenters. The van der Waals surface area contributed by atoms with Crippen LogP contribution in [-0.4, -0.2) is 28.6 Å². The molecule has 3 aromatic rings. The van der Waals surface area contributed by atoms with Crippen molar-refractivity contribution in [3.8, 4) is 11.1 Å². The number of hydrogen-bond acceptors (Lipinski definition) is 4. The molecule has 7 N–H and O–H groups in total. The molecule has 1 heterocycles. The van der Waals surface area contributed by atoms with Gasteiger partial charge in [-0.2, -0.15) is 0 Å². The first kappa shape index (κ1) is 22.2. The van der Waals surface area contributed by atoms with Crippen LogP contribution in [0.1, 0.15) is 49.5 Å². The van der Waals surface area contributed by atoms with Crippen molar-refractivity contribution in [2.24, 2.45) is 11.5 Å². The average molecular weight is 450 g/mol. The second kappa shape index (κ2) is 7.84. The molecule has 1 aromatic heterocycles. The normalized spacial score (nSPS) is 14.5. The summed E-state index contributed by atoms with van der Waals surface area (Å²) in [5.41, 5.74) is 13.3. The number of fused-ring (bicyclic) bond motifs is 1. The summed E-state index contributed by atoms with van der Waals surface area (Å²) < 4.78 is 5.43. The van der Waals surface area contributed by atoms with Crippen LogP contribution < -0.4 is 22.1 Å². The summed E-state index contributed by atoms with van der Waals surface area (Å²) in [5, 5.41) is 6.00. The van der Waals surface area contributed by atoms with Gasteiger partial charge in [-0.25, -0.2) is 9.59 Å². The third kappa shape index (κ3) is 4.62. The number of aromatic nitrogens is 1. The van der Waals surface area contributed by atoms with Crippen LogP contribution in [-0.2, 0) is 10.3 Å². The fraction of sp³-hybridized carbons (Fsp3) is 0.292. The van der Waals surface area contributed by atoms with E-state index >= 15 is 0 Å². The van der Waals surface area contributed by atoms with Gasteiger partial charge in [-0.15, -0.1) is 0 Å². The van der Waals surface area contributed by atoms with Crippen LogP contribution in [0.2, 0.25) is 0 Å². The Morgan fingerprint density at radius 1 is 1.03 bits per heavy atom. The van der Waals surface area contributed by atoms with Crippen LogP contribution in [0.5, 0.6) is 0 Å². The van der Waals surface area contributed by atoms with Crippen LogP contribution in [0.25, 0.3) is 22.0 Å². The van der Waals surface area contributed by atoms with Gasteiger partial charge in [-0.3, -0.25) is 10.1 Å². The predicted octanol–water partition coefficient (Wildman–Crippen LogP) is 3.94. The number of H-pyrrole nitrogens is 1. The molecule has 1 aliphatic carbocycles. The van der Waals surface area contributed by atoms with Gasteiger partial charge in [0.1, 0.15) is 11.4 Å². The number of alkyl carbamates (subject to hydrolysis) is 1. The summed E-state index contributed by atoms with van der Waals surface area (Å²) in [6.07, 6.45) is 1.22. The maximum absolute atomic E-state index is 12.3. The van der Waals surface area contributed by atoms with E-state index in [0.29, 0.717) is 10.9 Å². The molecule has 0 spiro atoms. The monoisotopic (exact) mass is 449 g/mol. The number of anilines is 1. The number of primary amides is 2. The van der Waals surface area contributed by atoms with Crippen LogP contribution in [0, 0.1) is 0 Å². The lowest BCUT2D eigenvalue weighted by Gasteiger charge is -2.24. The largest absolute Gasteiger partial charge is 0.444 e. The number of carbonyl (C=O) groups is 3. The Morgan fingerprint density at radius 3 is 2.33 bits per heavy atom. The topological polar surface area (TPSA) is 152 Å². The third-order valence-electron chi connectivity index (χ3n) is 5.53. The molecule has 0 bridgehead atoms. The number of aromatic amines is 1. The summed E-state index contributed by atoms with van der Waals surface area (Å²) in [7, 11) is 0. The van der Waals surface area contributed by atoms with Crippen molar-refractivity contribution in [1.29, 1.82) is 0 Å². The summed E-state index contributed by atoms with van der Waals surface area (Å²) >= 11 is 0. The first-order valence-electron chi connectivity index (χ1n) is 10.6. The fourth-order valence-electron chi connectivity index (χ4n) is 3.96. The van der Waals surface area contributed by atoms with Crippen LogP contribution >= 0.6 is 0 Å². The minimum absolute atomic E-state index is 0.161. The molecule has 4 rings (SSSR count). The zero-order chi connectivity index (χ0) is 24.0. The van der Waals surface area contributed by atoms with Crippen molar-refractivity contribution in [2.75, 3.05) is 5.32 Å². The van der Waals surface area contributed by atoms with E-state index in [2.05, 4.69) is 15.6 Å². The van der Waals surface area contributed by atoms with E-state index in [1.54, 1.807) is 6.07 Å². The highest BCUT2D eigenvalue weighted by molar-refractivity contribution is 6.13. The first-order chi connectivity index (χ1) is 15.5. The van der Waals surface area contributed by atoms with Crippen molar-refractivity contribution >= 4 is 34.8 Å². The van der Waals surface area contributed by atoms with E-state index in [-0.39, 0.29) is 11.4 Å². The summed E-state index contributed by atoms with van der Waals surface area (Å²) in [6.45, 7) is 5.49. The predicted molar refractivity (Wildman–Crippen MR) is 126 cm³/mol. The summed E-state index contributed by atoms with van der Waals surface area (Å²) in [4.78, 5) is 38.6. The zero-order valence-electron chi connectivity index (χ0n) is 18.7. The molecule has 1 saturated carbocycles. The number of amides is 4. The van der Waals surface area contributed by atoms with Crippen molar-refractivity contribution in [2.45, 2.75) is 44.8 Å². The van der Waals surface area contributed by atoms with Gasteiger partial charge in [-0.05, 0) is 62.4 Å². The van der Waals surface area contributed by atoms with E-state index in [1.807, 2.05) is 57.2 Å². The smallest absolute Gasteiger partial charge is 0.408 e. The van der Waals surface area contributed by atoms with E-state index in [4.69, 9.17) is 16.2 Å². The molecular formula is C24H27N5O4. The molecule has 0 unspecified atom stereocenters. The SMILES string of the molecule is CC(C)(C)OC(=O)NC1(c2cccc(-c3ccc4c(C(N)=O)c(NC(N)=O)[nH]c4c3)c2)CC1. The van der Waals surface area contributed by atoms with E-state index in [1.165, 1.54) is 0 Å². The van der Waals surface area contributed by atoms with Crippen molar-refractivity contribution in [3.05, 3.63) is 53.6 Å². The Bertz CT molecular complexity index is 1270. The molecule has 9 heteroatoms. The summed E-state index contributed by atoms with van der Waals surface area (Å²) in [6, 6.07) is 12.6. The maximum atomic E-state index is 12.3. The van der Waals surface area contributed by atoms with Gasteiger partial charge in [0.05, 0.1) is 11.1 Å². The van der Waals surface area contributed by atoms with Gasteiger partial charge in [0.25, 0.3) is 5.91 Å². The fourth-order valence-corrected chi connectivity index (χ4v) is 3.96. The number of nitrogens with one attached hydrogen (secondary N) is 3. The Kier molecular flexibility index (Phi) is 5.27. The van der Waals surface area contributed by atoms with Crippen molar-refractivity contribution in [1.82, 2.24) is 10.3 Å². The molecule has 0 aliphatic heterocycles. The second-order valence-corrected chi connectivity index (χ2v) is 9.28. The lowest BCUT2D eigenvalue weighted by atomic mass is 9.97. The number of ether oxygens (including phenoxy) is 1. The van der Waals surface area contributed by atoms with E-state index in [9.17, 15) is 14.4 Å². The van der Waals surface area contributed by atoms with Gasteiger partial charge in [0.15, 0.2) is 0 Å². The molecule has 1 aliphatic rings. The van der Waals surface area contributed by atoms with Crippen LogP contribution in [0.15, 0.2) is 42.5 Å². The lowest BCUT2D eigenvalue weighted by molar-refractivity contribution is 0.0495. The molecule has 0 radical (unpaired) electrons. The first-order valence-corrected chi connectivity index (χ1v) is 10.6. The van der Waals surface area contributed by atoms with Crippen LogP contribution in [0.4, 0.5) is 15.4 Å². The maximum Gasteiger partial charge on any atom is 0.408 e. The highest BCUT2D eigenvalue weighted by Crippen LogP contribution is 2.46. The Labute approximate surface area is 190 Å². The number of carbonyl (C=O) groups excluding carboxylic acids is 3. The van der Waals surface area contributed by atoms with Gasteiger partial charge in [-0.1, -0.05) is 30.3 Å². The molecule has 33 heavy (non-hydrogen) atoms. The quantitative estimate of drug-likeness (QED) is 0.400.